The van der Waals surface area contributed by atoms with E-state index in [-0.39, 0.29) is 23.1 Å². The normalized spacial score (nSPS) is 10.6. The van der Waals surface area contributed by atoms with Gasteiger partial charge in [0.25, 0.3) is 0 Å². The molecule has 0 fully saturated rings. The standard InChI is InChI=1S/C11H10BrF3O3/c1-2-17-10(16)7-3-6(18-11(14)15)4-9(13)8(7)5-12/h3-4,11H,2,5H2,1H3. The van der Waals surface area contributed by atoms with Gasteiger partial charge in [-0.1, -0.05) is 15.9 Å². The molecule has 0 aliphatic carbocycles. The molecule has 18 heavy (non-hydrogen) atoms. The van der Waals surface area contributed by atoms with E-state index in [1.54, 1.807) is 6.92 Å². The van der Waals surface area contributed by atoms with Crippen LogP contribution in [0.1, 0.15) is 22.8 Å². The fourth-order valence-corrected chi connectivity index (χ4v) is 1.88. The van der Waals surface area contributed by atoms with Crippen molar-refractivity contribution in [3.05, 3.63) is 29.1 Å². The number of carbonyl (C=O) groups excluding carboxylic acids is 1. The number of benzene rings is 1. The van der Waals surface area contributed by atoms with Crippen LogP contribution in [0.3, 0.4) is 0 Å². The molecule has 7 heteroatoms. The van der Waals surface area contributed by atoms with E-state index in [4.69, 9.17) is 4.74 Å². The first-order valence-corrected chi connectivity index (χ1v) is 6.12. The summed E-state index contributed by atoms with van der Waals surface area (Å²) in [7, 11) is 0. The molecular weight excluding hydrogens is 317 g/mol. The molecule has 1 aromatic carbocycles. The highest BCUT2D eigenvalue weighted by atomic mass is 79.9. The third-order valence-corrected chi connectivity index (χ3v) is 2.58. The minimum atomic E-state index is -3.09. The Balaban J connectivity index is 3.18. The topological polar surface area (TPSA) is 35.5 Å². The fraction of sp³-hybridized carbons (Fsp3) is 0.364. The van der Waals surface area contributed by atoms with Crippen molar-refractivity contribution >= 4 is 21.9 Å². The molecule has 0 aliphatic heterocycles. The van der Waals surface area contributed by atoms with Gasteiger partial charge in [-0.25, -0.2) is 9.18 Å². The summed E-state index contributed by atoms with van der Waals surface area (Å²) in [5.41, 5.74) is -0.0977. The second-order valence-corrected chi connectivity index (χ2v) is 3.72. The van der Waals surface area contributed by atoms with Gasteiger partial charge < -0.3 is 9.47 Å². The van der Waals surface area contributed by atoms with Crippen LogP contribution in [0.4, 0.5) is 13.2 Å². The number of hydrogen-bond acceptors (Lipinski definition) is 3. The quantitative estimate of drug-likeness (QED) is 0.613. The van der Waals surface area contributed by atoms with Crippen molar-refractivity contribution in [2.24, 2.45) is 0 Å². The lowest BCUT2D eigenvalue weighted by Crippen LogP contribution is -2.11. The molecule has 1 aromatic rings. The summed E-state index contributed by atoms with van der Waals surface area (Å²) in [6.07, 6.45) is 0. The van der Waals surface area contributed by atoms with Crippen molar-refractivity contribution < 1.29 is 27.4 Å². The Hall–Kier alpha value is -1.24. The first kappa shape index (κ1) is 14.8. The largest absolute Gasteiger partial charge is 0.462 e. The van der Waals surface area contributed by atoms with Gasteiger partial charge in [-0.2, -0.15) is 8.78 Å². The molecule has 1 rings (SSSR count). The first-order chi connectivity index (χ1) is 8.49. The van der Waals surface area contributed by atoms with Crippen molar-refractivity contribution in [2.45, 2.75) is 18.9 Å². The zero-order chi connectivity index (χ0) is 13.7. The van der Waals surface area contributed by atoms with Crippen molar-refractivity contribution in [2.75, 3.05) is 6.61 Å². The number of halogens is 4. The van der Waals surface area contributed by atoms with Crippen molar-refractivity contribution in [3.8, 4) is 5.75 Å². The minimum Gasteiger partial charge on any atom is -0.462 e. The van der Waals surface area contributed by atoms with Crippen LogP contribution >= 0.6 is 15.9 Å². The van der Waals surface area contributed by atoms with Crippen molar-refractivity contribution in [3.63, 3.8) is 0 Å². The lowest BCUT2D eigenvalue weighted by Gasteiger charge is -2.11. The van der Waals surface area contributed by atoms with Gasteiger partial charge in [0.15, 0.2) is 0 Å². The smallest absolute Gasteiger partial charge is 0.387 e. The molecule has 0 aliphatic rings. The van der Waals surface area contributed by atoms with Gasteiger partial charge in [0.2, 0.25) is 0 Å². The van der Waals surface area contributed by atoms with Crippen LogP contribution in [-0.2, 0) is 10.1 Å². The highest BCUT2D eigenvalue weighted by molar-refractivity contribution is 9.08. The van der Waals surface area contributed by atoms with Crippen LogP contribution in [0, 0.1) is 5.82 Å². The Labute approximate surface area is 110 Å². The second-order valence-electron chi connectivity index (χ2n) is 3.16. The molecular formula is C11H10BrF3O3. The van der Waals surface area contributed by atoms with Gasteiger partial charge >= 0.3 is 12.6 Å². The number of esters is 1. The van der Waals surface area contributed by atoms with Crippen LogP contribution in [0.25, 0.3) is 0 Å². The molecule has 0 unspecified atom stereocenters. The number of rotatable bonds is 5. The maximum absolute atomic E-state index is 13.6. The van der Waals surface area contributed by atoms with Gasteiger partial charge in [0, 0.05) is 17.0 Å². The molecule has 0 bridgehead atoms. The molecule has 0 aromatic heterocycles. The zero-order valence-electron chi connectivity index (χ0n) is 9.38. The van der Waals surface area contributed by atoms with E-state index < -0.39 is 24.1 Å². The monoisotopic (exact) mass is 326 g/mol. The molecule has 0 N–H and O–H groups in total. The summed E-state index contributed by atoms with van der Waals surface area (Å²) in [6.45, 7) is -1.40. The highest BCUT2D eigenvalue weighted by Gasteiger charge is 2.19. The van der Waals surface area contributed by atoms with Crippen LogP contribution in [0.15, 0.2) is 12.1 Å². The van der Waals surface area contributed by atoms with Crippen molar-refractivity contribution in [1.82, 2.24) is 0 Å². The van der Waals surface area contributed by atoms with Gasteiger partial charge in [0.1, 0.15) is 11.6 Å². The second kappa shape index (κ2) is 6.63. The summed E-state index contributed by atoms with van der Waals surface area (Å²) in [5, 5.41) is 0.0575. The molecule has 0 spiro atoms. The van der Waals surface area contributed by atoms with E-state index in [1.165, 1.54) is 0 Å². The molecule has 0 saturated carbocycles. The Morgan fingerprint density at radius 3 is 2.61 bits per heavy atom. The van der Waals surface area contributed by atoms with Gasteiger partial charge in [-0.15, -0.1) is 0 Å². The van der Waals surface area contributed by atoms with E-state index >= 15 is 0 Å². The van der Waals surface area contributed by atoms with Crippen molar-refractivity contribution in [1.29, 1.82) is 0 Å². The highest BCUT2D eigenvalue weighted by Crippen LogP contribution is 2.25. The average molecular weight is 327 g/mol. The van der Waals surface area contributed by atoms with E-state index in [0.29, 0.717) is 0 Å². The predicted molar refractivity (Wildman–Crippen MR) is 61.6 cm³/mol. The van der Waals surface area contributed by atoms with Gasteiger partial charge in [-0.3, -0.25) is 0 Å². The average Bonchev–Trinajstić information content (AvgIpc) is 2.27. The minimum absolute atomic E-state index is 0.0371. The zero-order valence-corrected chi connectivity index (χ0v) is 11.0. The van der Waals surface area contributed by atoms with E-state index in [2.05, 4.69) is 20.7 Å². The number of carbonyl (C=O) groups is 1. The van der Waals surface area contributed by atoms with Crippen LogP contribution < -0.4 is 4.74 Å². The summed E-state index contributed by atoms with van der Waals surface area (Å²) >= 11 is 3.02. The predicted octanol–water partition coefficient (Wildman–Crippen LogP) is 3.50. The molecule has 0 heterocycles. The summed E-state index contributed by atoms with van der Waals surface area (Å²) in [4.78, 5) is 11.6. The number of ether oxygens (including phenoxy) is 2. The van der Waals surface area contributed by atoms with E-state index in [1.807, 2.05) is 0 Å². The summed E-state index contributed by atoms with van der Waals surface area (Å²) in [5.74, 6) is -2.02. The summed E-state index contributed by atoms with van der Waals surface area (Å²) in [6, 6.07) is 1.83. The Morgan fingerprint density at radius 2 is 2.11 bits per heavy atom. The third kappa shape index (κ3) is 3.63. The maximum atomic E-state index is 13.6. The number of alkyl halides is 3. The van der Waals surface area contributed by atoms with Gasteiger partial charge in [0.05, 0.1) is 12.2 Å². The van der Waals surface area contributed by atoms with E-state index in [0.717, 1.165) is 12.1 Å². The number of hydrogen-bond donors (Lipinski definition) is 0. The Bertz CT molecular complexity index is 438. The fourth-order valence-electron chi connectivity index (χ4n) is 1.31. The summed E-state index contributed by atoms with van der Waals surface area (Å²) < 4.78 is 46.5. The lowest BCUT2D eigenvalue weighted by atomic mass is 10.1. The molecule has 3 nitrogen and oxygen atoms in total. The van der Waals surface area contributed by atoms with Crippen LogP contribution in [0.2, 0.25) is 0 Å². The molecule has 0 atom stereocenters. The third-order valence-electron chi connectivity index (χ3n) is 2.02. The first-order valence-electron chi connectivity index (χ1n) is 4.99. The maximum Gasteiger partial charge on any atom is 0.387 e. The Kier molecular flexibility index (Phi) is 5.46. The molecule has 0 radical (unpaired) electrons. The van der Waals surface area contributed by atoms with Gasteiger partial charge in [-0.05, 0) is 13.0 Å². The molecule has 0 amide bonds. The SMILES string of the molecule is CCOC(=O)c1cc(OC(F)F)cc(F)c1CBr. The Morgan fingerprint density at radius 1 is 1.44 bits per heavy atom. The van der Waals surface area contributed by atoms with Crippen LogP contribution in [-0.4, -0.2) is 19.2 Å². The van der Waals surface area contributed by atoms with E-state index in [9.17, 15) is 18.0 Å². The molecule has 100 valence electrons. The van der Waals surface area contributed by atoms with Crippen LogP contribution in [0.5, 0.6) is 5.75 Å². The molecule has 0 saturated heterocycles. The lowest BCUT2D eigenvalue weighted by molar-refractivity contribution is -0.0501.